The van der Waals surface area contributed by atoms with Crippen molar-refractivity contribution in [1.82, 2.24) is 0 Å². The molecule has 3 heteroatoms. The third kappa shape index (κ3) is 3.09. The number of piperidine rings is 1. The van der Waals surface area contributed by atoms with E-state index in [2.05, 4.69) is 85.0 Å². The van der Waals surface area contributed by atoms with Crippen molar-refractivity contribution >= 4 is 5.71 Å². The van der Waals surface area contributed by atoms with Gasteiger partial charge in [0.25, 0.3) is 0 Å². The molecule has 2 aromatic carbocycles. The largest absolute Gasteiger partial charge is 0.411 e. The number of quaternary nitrogens is 1. The van der Waals surface area contributed by atoms with E-state index in [-0.39, 0.29) is 23.9 Å². The number of benzene rings is 2. The van der Waals surface area contributed by atoms with Crippen LogP contribution in [0.1, 0.15) is 49.9 Å². The molecular weight excluding hydrogens is 296 g/mol. The van der Waals surface area contributed by atoms with Crippen molar-refractivity contribution in [2.24, 2.45) is 17.0 Å². The maximum absolute atomic E-state index is 9.80. The number of oxime groups is 1. The van der Waals surface area contributed by atoms with Crippen LogP contribution in [0.4, 0.5) is 0 Å². The zero-order valence-corrected chi connectivity index (χ0v) is 14.5. The lowest BCUT2D eigenvalue weighted by Gasteiger charge is -2.40. The van der Waals surface area contributed by atoms with Gasteiger partial charge >= 0.3 is 0 Å². The molecule has 0 aromatic heterocycles. The van der Waals surface area contributed by atoms with Gasteiger partial charge in [-0.1, -0.05) is 79.7 Å². The van der Waals surface area contributed by atoms with Gasteiger partial charge in [-0.25, -0.2) is 0 Å². The molecule has 0 saturated carbocycles. The number of hydrogen-bond acceptors (Lipinski definition) is 2. The van der Waals surface area contributed by atoms with Crippen molar-refractivity contribution in [2.75, 3.05) is 0 Å². The molecule has 4 atom stereocenters. The van der Waals surface area contributed by atoms with Crippen LogP contribution in [0.5, 0.6) is 0 Å². The lowest BCUT2D eigenvalue weighted by atomic mass is 9.72. The van der Waals surface area contributed by atoms with Gasteiger partial charge < -0.3 is 10.5 Å². The highest BCUT2D eigenvalue weighted by molar-refractivity contribution is 5.90. The molecular formula is C21H27N2O+. The molecule has 126 valence electrons. The predicted octanol–water partition coefficient (Wildman–Crippen LogP) is 3.93. The average molecular weight is 323 g/mol. The van der Waals surface area contributed by atoms with Gasteiger partial charge in [0.15, 0.2) is 0 Å². The second-order valence-corrected chi connectivity index (χ2v) is 6.62. The summed E-state index contributed by atoms with van der Waals surface area (Å²) in [6.07, 6.45) is 1.96. The summed E-state index contributed by atoms with van der Waals surface area (Å²) in [5, 5.41) is 16.1. The van der Waals surface area contributed by atoms with Crippen molar-refractivity contribution in [3.63, 3.8) is 0 Å². The van der Waals surface area contributed by atoms with Crippen LogP contribution < -0.4 is 5.32 Å². The van der Waals surface area contributed by atoms with E-state index in [4.69, 9.17) is 0 Å². The molecule has 0 aliphatic carbocycles. The van der Waals surface area contributed by atoms with Crippen LogP contribution in [0, 0.1) is 11.8 Å². The van der Waals surface area contributed by atoms with Crippen LogP contribution in [0.2, 0.25) is 0 Å². The van der Waals surface area contributed by atoms with Crippen molar-refractivity contribution < 1.29 is 10.5 Å². The first-order chi connectivity index (χ1) is 11.8. The normalized spacial score (nSPS) is 28.8. The molecule has 1 aliphatic rings. The highest BCUT2D eigenvalue weighted by atomic mass is 16.4. The number of nitrogens with zero attached hydrogens (tertiary/aromatic N) is 1. The van der Waals surface area contributed by atoms with E-state index in [0.717, 1.165) is 18.6 Å². The van der Waals surface area contributed by atoms with Crippen LogP contribution in [0.25, 0.3) is 0 Å². The number of hydrogen-bond donors (Lipinski definition) is 2. The van der Waals surface area contributed by atoms with Gasteiger partial charge in [-0.15, -0.1) is 0 Å². The highest BCUT2D eigenvalue weighted by Crippen LogP contribution is 2.36. The first kappa shape index (κ1) is 16.7. The first-order valence-corrected chi connectivity index (χ1v) is 8.96. The molecule has 1 heterocycles. The van der Waals surface area contributed by atoms with Gasteiger partial charge in [-0.3, -0.25) is 0 Å². The Balaban J connectivity index is 2.04. The molecule has 0 unspecified atom stereocenters. The molecule has 3 nitrogen and oxygen atoms in total. The third-order valence-corrected chi connectivity index (χ3v) is 5.41. The Morgan fingerprint density at radius 3 is 1.54 bits per heavy atom. The van der Waals surface area contributed by atoms with E-state index in [9.17, 15) is 5.21 Å². The molecule has 0 amide bonds. The molecule has 0 bridgehead atoms. The molecule has 1 aliphatic heterocycles. The standard InChI is InChI=1S/C21H26N2O/c1-3-17-19(15-11-7-5-8-12-15)22-20(16-13-9-6-10-14-16)18(4-2)21(17)23-24/h5-14,17-20,22,24H,3-4H2,1-2H3/p+1/t17-,18-,19-,20+/m0/s1. The molecule has 1 saturated heterocycles. The summed E-state index contributed by atoms with van der Waals surface area (Å²) in [6.45, 7) is 4.38. The minimum Gasteiger partial charge on any atom is -0.411 e. The second-order valence-electron chi connectivity index (χ2n) is 6.62. The van der Waals surface area contributed by atoms with Crippen LogP contribution in [0.15, 0.2) is 65.8 Å². The highest BCUT2D eigenvalue weighted by Gasteiger charge is 2.45. The zero-order chi connectivity index (χ0) is 16.9. The topological polar surface area (TPSA) is 49.2 Å². The molecule has 3 rings (SSSR count). The lowest BCUT2D eigenvalue weighted by molar-refractivity contribution is -0.748. The van der Waals surface area contributed by atoms with Gasteiger partial charge in [0.2, 0.25) is 0 Å². The van der Waals surface area contributed by atoms with E-state index < -0.39 is 0 Å². The zero-order valence-electron chi connectivity index (χ0n) is 14.5. The van der Waals surface area contributed by atoms with Crippen LogP contribution in [0.3, 0.4) is 0 Å². The summed E-state index contributed by atoms with van der Waals surface area (Å²) >= 11 is 0. The first-order valence-electron chi connectivity index (χ1n) is 8.96. The van der Waals surface area contributed by atoms with Crippen LogP contribution in [-0.4, -0.2) is 10.9 Å². The summed E-state index contributed by atoms with van der Waals surface area (Å²) in [5.74, 6) is 0.532. The van der Waals surface area contributed by atoms with Crippen molar-refractivity contribution in [2.45, 2.75) is 38.8 Å². The van der Waals surface area contributed by atoms with Crippen molar-refractivity contribution in [3.8, 4) is 0 Å². The van der Waals surface area contributed by atoms with E-state index in [1.54, 1.807) is 0 Å². The summed E-state index contributed by atoms with van der Waals surface area (Å²) in [5.41, 5.74) is 3.58. The minimum atomic E-state index is 0.266. The monoisotopic (exact) mass is 323 g/mol. The Kier molecular flexibility index (Phi) is 5.31. The third-order valence-electron chi connectivity index (χ3n) is 5.41. The Hall–Kier alpha value is -2.13. The Morgan fingerprint density at radius 1 is 0.792 bits per heavy atom. The number of rotatable bonds is 4. The second kappa shape index (κ2) is 7.63. The fraction of sp³-hybridized carbons (Fsp3) is 0.381. The lowest BCUT2D eigenvalue weighted by Crippen LogP contribution is -2.91. The summed E-state index contributed by atoms with van der Waals surface area (Å²) in [4.78, 5) is 0. The SMILES string of the molecule is CC[C@@H]1C(=NO)[C@@H](CC)[C@H](c2ccccc2)[NH2+][C@@H]1c1ccccc1. The molecule has 3 N–H and O–H groups in total. The van der Waals surface area contributed by atoms with Crippen LogP contribution in [-0.2, 0) is 0 Å². The average Bonchev–Trinajstić information content (AvgIpc) is 2.67. The smallest absolute Gasteiger partial charge is 0.120 e. The van der Waals surface area contributed by atoms with E-state index >= 15 is 0 Å². The van der Waals surface area contributed by atoms with Gasteiger partial charge in [-0.2, -0.15) is 0 Å². The molecule has 24 heavy (non-hydrogen) atoms. The van der Waals surface area contributed by atoms with Gasteiger partial charge in [-0.05, 0) is 12.8 Å². The predicted molar refractivity (Wildman–Crippen MR) is 97.1 cm³/mol. The van der Waals surface area contributed by atoms with E-state index in [0.29, 0.717) is 0 Å². The fourth-order valence-corrected chi connectivity index (χ4v) is 4.25. The Labute approximate surface area is 144 Å². The fourth-order valence-electron chi connectivity index (χ4n) is 4.25. The maximum atomic E-state index is 9.80. The van der Waals surface area contributed by atoms with Crippen molar-refractivity contribution in [1.29, 1.82) is 0 Å². The molecule has 0 spiro atoms. The molecule has 1 fully saturated rings. The Bertz CT molecular complexity index is 613. The summed E-state index contributed by atoms with van der Waals surface area (Å²) in [7, 11) is 0. The number of nitrogens with two attached hydrogens (primary N) is 1. The van der Waals surface area contributed by atoms with Gasteiger partial charge in [0, 0.05) is 11.1 Å². The Morgan fingerprint density at radius 2 is 1.21 bits per heavy atom. The van der Waals surface area contributed by atoms with E-state index in [1.165, 1.54) is 11.1 Å². The van der Waals surface area contributed by atoms with Gasteiger partial charge in [0.05, 0.1) is 17.5 Å². The quantitative estimate of drug-likeness (QED) is 0.650. The van der Waals surface area contributed by atoms with Crippen molar-refractivity contribution in [3.05, 3.63) is 71.8 Å². The molecule has 2 aromatic rings. The van der Waals surface area contributed by atoms with Gasteiger partial charge in [0.1, 0.15) is 12.1 Å². The van der Waals surface area contributed by atoms with E-state index in [1.807, 2.05) is 0 Å². The summed E-state index contributed by atoms with van der Waals surface area (Å²) < 4.78 is 0. The minimum absolute atomic E-state index is 0.266. The molecule has 0 radical (unpaired) electrons. The van der Waals surface area contributed by atoms with Crippen LogP contribution >= 0.6 is 0 Å². The maximum Gasteiger partial charge on any atom is 0.120 e. The summed E-state index contributed by atoms with van der Waals surface area (Å²) in [6, 6.07) is 21.8.